The summed E-state index contributed by atoms with van der Waals surface area (Å²) < 4.78 is 13.4. The van der Waals surface area contributed by atoms with Crippen molar-refractivity contribution in [3.63, 3.8) is 0 Å². The van der Waals surface area contributed by atoms with Crippen LogP contribution >= 0.6 is 27.5 Å². The van der Waals surface area contributed by atoms with Crippen molar-refractivity contribution in [2.45, 2.75) is 0 Å². The summed E-state index contributed by atoms with van der Waals surface area (Å²) in [6.07, 6.45) is 2.72. The van der Waals surface area contributed by atoms with E-state index in [2.05, 4.69) is 31.4 Å². The topological polar surface area (TPSA) is 54.9 Å². The average Bonchev–Trinajstić information content (AvgIpc) is 2.34. The smallest absolute Gasteiger partial charge is 0.257 e. The van der Waals surface area contributed by atoms with Crippen molar-refractivity contribution in [1.29, 1.82) is 0 Å². The molecule has 0 bridgehead atoms. The molecule has 1 aromatic carbocycles. The Bertz CT molecular complexity index is 571. The highest BCUT2D eigenvalue weighted by Gasteiger charge is 2.12. The fourth-order valence-corrected chi connectivity index (χ4v) is 2.17. The second-order valence-electron chi connectivity index (χ2n) is 3.33. The molecule has 0 saturated heterocycles. The standard InChI is InChI=1S/C11H6BrClFN3O/c12-8-3-7(14)4-9(13)10(8)17-11(18)6-1-2-15-16-5-6/h1-5H,(H,17,18). The number of aromatic nitrogens is 2. The Hall–Kier alpha value is -1.53. The van der Waals surface area contributed by atoms with Crippen LogP contribution in [0.3, 0.4) is 0 Å². The molecule has 92 valence electrons. The van der Waals surface area contributed by atoms with Gasteiger partial charge in [-0.15, -0.1) is 0 Å². The molecule has 18 heavy (non-hydrogen) atoms. The molecule has 0 radical (unpaired) electrons. The summed E-state index contributed by atoms with van der Waals surface area (Å²) in [4.78, 5) is 11.9. The SMILES string of the molecule is O=C(Nc1c(Cl)cc(F)cc1Br)c1ccnnc1. The third-order valence-corrected chi connectivity index (χ3v) is 3.02. The quantitative estimate of drug-likeness (QED) is 0.919. The Kier molecular flexibility index (Phi) is 3.88. The normalized spacial score (nSPS) is 10.2. The molecule has 4 nitrogen and oxygen atoms in total. The maximum Gasteiger partial charge on any atom is 0.257 e. The zero-order chi connectivity index (χ0) is 13.1. The molecule has 0 saturated carbocycles. The van der Waals surface area contributed by atoms with Crippen LogP contribution in [0, 0.1) is 5.82 Å². The first-order valence-corrected chi connectivity index (χ1v) is 5.97. The van der Waals surface area contributed by atoms with E-state index in [9.17, 15) is 9.18 Å². The van der Waals surface area contributed by atoms with Crippen LogP contribution in [0.2, 0.25) is 5.02 Å². The molecular weight excluding hydrogens is 324 g/mol. The van der Waals surface area contributed by atoms with Gasteiger partial charge in [-0.3, -0.25) is 4.79 Å². The lowest BCUT2D eigenvalue weighted by molar-refractivity contribution is 0.102. The molecule has 0 spiro atoms. The molecule has 2 rings (SSSR count). The Morgan fingerprint density at radius 3 is 2.78 bits per heavy atom. The van der Waals surface area contributed by atoms with Crippen LogP contribution in [0.1, 0.15) is 10.4 Å². The number of nitrogens with zero attached hydrogens (tertiary/aromatic N) is 2. The van der Waals surface area contributed by atoms with Gasteiger partial charge in [0.05, 0.1) is 28.7 Å². The Labute approximate surface area is 115 Å². The van der Waals surface area contributed by atoms with Gasteiger partial charge in [0.25, 0.3) is 5.91 Å². The fraction of sp³-hybridized carbons (Fsp3) is 0. The van der Waals surface area contributed by atoms with Crippen LogP contribution in [0.25, 0.3) is 0 Å². The van der Waals surface area contributed by atoms with Crippen LogP contribution in [-0.2, 0) is 0 Å². The summed E-state index contributed by atoms with van der Waals surface area (Å²) in [7, 11) is 0. The maximum absolute atomic E-state index is 13.0. The number of carbonyl (C=O) groups is 1. The maximum atomic E-state index is 13.0. The second kappa shape index (κ2) is 5.41. The summed E-state index contributed by atoms with van der Waals surface area (Å²) in [6, 6.07) is 3.84. The molecule has 2 aromatic rings. The first kappa shape index (κ1) is 12.9. The summed E-state index contributed by atoms with van der Waals surface area (Å²) in [5, 5.41) is 9.84. The number of hydrogen-bond acceptors (Lipinski definition) is 3. The minimum Gasteiger partial charge on any atom is -0.320 e. The van der Waals surface area contributed by atoms with Gasteiger partial charge in [0.15, 0.2) is 0 Å². The lowest BCUT2D eigenvalue weighted by Gasteiger charge is -2.09. The van der Waals surface area contributed by atoms with Crippen LogP contribution in [0.15, 0.2) is 35.1 Å². The predicted octanol–water partition coefficient (Wildman–Crippen LogP) is 3.28. The van der Waals surface area contributed by atoms with E-state index in [0.29, 0.717) is 15.7 Å². The molecule has 0 aliphatic heterocycles. The first-order valence-electron chi connectivity index (χ1n) is 4.80. The number of benzene rings is 1. The molecule has 1 aromatic heterocycles. The molecule has 1 N–H and O–H groups in total. The van der Waals surface area contributed by atoms with Crippen molar-refractivity contribution in [1.82, 2.24) is 10.2 Å². The Morgan fingerprint density at radius 2 is 2.17 bits per heavy atom. The third-order valence-electron chi connectivity index (χ3n) is 2.09. The summed E-state index contributed by atoms with van der Waals surface area (Å²) in [5.41, 5.74) is 0.636. The van der Waals surface area contributed by atoms with Gasteiger partial charge in [-0.1, -0.05) is 11.6 Å². The Balaban J connectivity index is 2.28. The van der Waals surface area contributed by atoms with E-state index >= 15 is 0 Å². The number of anilines is 1. The van der Waals surface area contributed by atoms with Gasteiger partial charge in [0.2, 0.25) is 0 Å². The van der Waals surface area contributed by atoms with Gasteiger partial charge in [0, 0.05) is 4.47 Å². The number of amides is 1. The monoisotopic (exact) mass is 329 g/mol. The number of hydrogen-bond donors (Lipinski definition) is 1. The molecule has 1 amide bonds. The average molecular weight is 331 g/mol. The number of rotatable bonds is 2. The van der Waals surface area contributed by atoms with Crippen molar-refractivity contribution in [2.24, 2.45) is 0 Å². The highest BCUT2D eigenvalue weighted by atomic mass is 79.9. The second-order valence-corrected chi connectivity index (χ2v) is 4.59. The minimum atomic E-state index is -0.490. The summed E-state index contributed by atoms with van der Waals surface area (Å²) >= 11 is 8.99. The van der Waals surface area contributed by atoms with Gasteiger partial charge >= 0.3 is 0 Å². The largest absolute Gasteiger partial charge is 0.320 e. The zero-order valence-electron chi connectivity index (χ0n) is 8.82. The highest BCUT2D eigenvalue weighted by Crippen LogP contribution is 2.31. The van der Waals surface area contributed by atoms with Gasteiger partial charge in [-0.25, -0.2) is 4.39 Å². The highest BCUT2D eigenvalue weighted by molar-refractivity contribution is 9.10. The minimum absolute atomic E-state index is 0.109. The van der Waals surface area contributed by atoms with E-state index in [1.165, 1.54) is 24.5 Å². The molecule has 0 aliphatic rings. The summed E-state index contributed by atoms with van der Waals surface area (Å²) in [6.45, 7) is 0. The van der Waals surface area contributed by atoms with Crippen molar-refractivity contribution in [3.8, 4) is 0 Å². The van der Waals surface area contributed by atoms with Gasteiger partial charge in [0.1, 0.15) is 5.82 Å². The Morgan fingerprint density at radius 1 is 1.39 bits per heavy atom. The van der Waals surface area contributed by atoms with Crippen LogP contribution in [0.4, 0.5) is 10.1 Å². The van der Waals surface area contributed by atoms with Crippen molar-refractivity contribution >= 4 is 39.1 Å². The predicted molar refractivity (Wildman–Crippen MR) is 69.1 cm³/mol. The molecule has 1 heterocycles. The molecular formula is C11H6BrClFN3O. The lowest BCUT2D eigenvalue weighted by atomic mass is 10.2. The molecule has 0 aliphatic carbocycles. The van der Waals surface area contributed by atoms with E-state index in [0.717, 1.165) is 6.07 Å². The van der Waals surface area contributed by atoms with Gasteiger partial charge in [-0.05, 0) is 34.1 Å². The van der Waals surface area contributed by atoms with E-state index < -0.39 is 11.7 Å². The zero-order valence-corrected chi connectivity index (χ0v) is 11.2. The molecule has 0 fully saturated rings. The fourth-order valence-electron chi connectivity index (χ4n) is 1.27. The van der Waals surface area contributed by atoms with E-state index in [1.807, 2.05) is 0 Å². The van der Waals surface area contributed by atoms with Crippen LogP contribution < -0.4 is 5.32 Å². The number of nitrogens with one attached hydrogen (secondary N) is 1. The van der Waals surface area contributed by atoms with Crippen LogP contribution in [-0.4, -0.2) is 16.1 Å². The van der Waals surface area contributed by atoms with E-state index in [4.69, 9.17) is 11.6 Å². The number of halogens is 3. The molecule has 0 unspecified atom stereocenters. The van der Waals surface area contributed by atoms with Crippen LogP contribution in [0.5, 0.6) is 0 Å². The third kappa shape index (κ3) is 2.83. The molecule has 7 heteroatoms. The number of carbonyl (C=O) groups excluding carboxylic acids is 1. The van der Waals surface area contributed by atoms with Gasteiger partial charge < -0.3 is 5.32 Å². The van der Waals surface area contributed by atoms with E-state index in [1.54, 1.807) is 0 Å². The van der Waals surface area contributed by atoms with Gasteiger partial charge in [-0.2, -0.15) is 10.2 Å². The van der Waals surface area contributed by atoms with E-state index in [-0.39, 0.29) is 5.02 Å². The molecule has 0 atom stereocenters. The van der Waals surface area contributed by atoms with Crippen molar-refractivity contribution in [2.75, 3.05) is 5.32 Å². The lowest BCUT2D eigenvalue weighted by Crippen LogP contribution is -2.13. The van der Waals surface area contributed by atoms with Crippen molar-refractivity contribution in [3.05, 3.63) is 51.5 Å². The first-order chi connectivity index (χ1) is 8.58. The summed E-state index contributed by atoms with van der Waals surface area (Å²) in [5.74, 6) is -0.894. The van der Waals surface area contributed by atoms with Crippen molar-refractivity contribution < 1.29 is 9.18 Å².